The van der Waals surface area contributed by atoms with Gasteiger partial charge in [-0.2, -0.15) is 0 Å². The number of para-hydroxylation sites is 1. The third-order valence-corrected chi connectivity index (χ3v) is 4.40. The number of anilines is 1. The van der Waals surface area contributed by atoms with Crippen LogP contribution >= 0.6 is 0 Å². The van der Waals surface area contributed by atoms with Crippen LogP contribution in [0.2, 0.25) is 0 Å². The van der Waals surface area contributed by atoms with Crippen molar-refractivity contribution in [2.45, 2.75) is 45.6 Å². The Morgan fingerprint density at radius 2 is 2.19 bits per heavy atom. The van der Waals surface area contributed by atoms with Crippen LogP contribution < -0.4 is 5.73 Å². The fourth-order valence-corrected chi connectivity index (χ4v) is 3.22. The van der Waals surface area contributed by atoms with E-state index in [0.29, 0.717) is 12.2 Å². The Morgan fingerprint density at radius 1 is 1.38 bits per heavy atom. The summed E-state index contributed by atoms with van der Waals surface area (Å²) in [6.07, 6.45) is 6.30. The van der Waals surface area contributed by atoms with Crippen molar-refractivity contribution in [3.8, 4) is 0 Å². The molecule has 1 aliphatic heterocycles. The molecule has 5 nitrogen and oxygen atoms in total. The van der Waals surface area contributed by atoms with Crippen LogP contribution in [0.1, 0.15) is 44.6 Å². The topological polar surface area (TPSA) is 72.4 Å². The van der Waals surface area contributed by atoms with Crippen molar-refractivity contribution < 1.29 is 4.92 Å². The summed E-state index contributed by atoms with van der Waals surface area (Å²) >= 11 is 0. The molecule has 1 saturated heterocycles. The second kappa shape index (κ2) is 7.41. The maximum absolute atomic E-state index is 10.9. The van der Waals surface area contributed by atoms with Gasteiger partial charge in [-0.1, -0.05) is 31.9 Å². The van der Waals surface area contributed by atoms with Gasteiger partial charge >= 0.3 is 0 Å². The molecule has 1 aliphatic rings. The first-order chi connectivity index (χ1) is 10.1. The lowest BCUT2D eigenvalue weighted by atomic mass is 9.96. The summed E-state index contributed by atoms with van der Waals surface area (Å²) < 4.78 is 0. The SMILES string of the molecule is CCCC1CCCN(Cc2cccc([N+](=O)[O-])c2N)CC1. The minimum Gasteiger partial charge on any atom is -0.393 e. The fourth-order valence-electron chi connectivity index (χ4n) is 3.22. The van der Waals surface area contributed by atoms with Gasteiger partial charge in [0.1, 0.15) is 5.69 Å². The number of nitrogens with zero attached hydrogens (tertiary/aromatic N) is 2. The molecule has 0 aliphatic carbocycles. The predicted molar refractivity (Wildman–Crippen MR) is 85.0 cm³/mol. The minimum atomic E-state index is -0.404. The molecule has 21 heavy (non-hydrogen) atoms. The van der Waals surface area contributed by atoms with Crippen molar-refractivity contribution in [3.05, 3.63) is 33.9 Å². The van der Waals surface area contributed by atoms with Crippen LogP contribution in [-0.2, 0) is 6.54 Å². The molecule has 0 spiro atoms. The average Bonchev–Trinajstić information content (AvgIpc) is 2.67. The maximum Gasteiger partial charge on any atom is 0.292 e. The number of benzene rings is 1. The van der Waals surface area contributed by atoms with Crippen LogP contribution in [0, 0.1) is 16.0 Å². The maximum atomic E-state index is 10.9. The van der Waals surface area contributed by atoms with Gasteiger partial charge in [0, 0.05) is 12.6 Å². The normalized spacial score (nSPS) is 20.1. The average molecular weight is 291 g/mol. The van der Waals surface area contributed by atoms with E-state index in [1.165, 1.54) is 38.2 Å². The first-order valence-electron chi connectivity index (χ1n) is 7.86. The van der Waals surface area contributed by atoms with Crippen LogP contribution in [0.3, 0.4) is 0 Å². The molecule has 1 unspecified atom stereocenters. The lowest BCUT2D eigenvalue weighted by Crippen LogP contribution is -2.25. The van der Waals surface area contributed by atoms with Crippen molar-refractivity contribution >= 4 is 11.4 Å². The van der Waals surface area contributed by atoms with Crippen molar-refractivity contribution in [3.63, 3.8) is 0 Å². The van der Waals surface area contributed by atoms with Gasteiger partial charge in [0.15, 0.2) is 0 Å². The molecule has 1 atom stereocenters. The van der Waals surface area contributed by atoms with Gasteiger partial charge in [-0.05, 0) is 43.8 Å². The molecule has 5 heteroatoms. The predicted octanol–water partition coefficient (Wildman–Crippen LogP) is 3.58. The largest absolute Gasteiger partial charge is 0.393 e. The second-order valence-electron chi connectivity index (χ2n) is 5.97. The zero-order chi connectivity index (χ0) is 15.2. The Kier molecular flexibility index (Phi) is 5.56. The highest BCUT2D eigenvalue weighted by Gasteiger charge is 2.19. The van der Waals surface area contributed by atoms with Crippen LogP contribution in [0.15, 0.2) is 18.2 Å². The summed E-state index contributed by atoms with van der Waals surface area (Å²) in [7, 11) is 0. The number of nitro groups is 1. The van der Waals surface area contributed by atoms with Gasteiger partial charge in [0.25, 0.3) is 5.69 Å². The van der Waals surface area contributed by atoms with E-state index in [0.717, 1.165) is 24.6 Å². The molecule has 0 amide bonds. The van der Waals surface area contributed by atoms with Gasteiger partial charge in [-0.3, -0.25) is 15.0 Å². The number of nitrogen functional groups attached to an aromatic ring is 1. The highest BCUT2D eigenvalue weighted by atomic mass is 16.6. The highest BCUT2D eigenvalue weighted by Crippen LogP contribution is 2.28. The molecule has 2 rings (SSSR count). The number of rotatable bonds is 5. The molecule has 0 bridgehead atoms. The minimum absolute atomic E-state index is 0.0196. The molecule has 0 saturated carbocycles. The van der Waals surface area contributed by atoms with Gasteiger partial charge in [0.05, 0.1) is 4.92 Å². The Bertz CT molecular complexity index is 490. The first kappa shape index (κ1) is 15.8. The monoisotopic (exact) mass is 291 g/mol. The van der Waals surface area contributed by atoms with Gasteiger partial charge in [-0.25, -0.2) is 0 Å². The zero-order valence-electron chi connectivity index (χ0n) is 12.8. The lowest BCUT2D eigenvalue weighted by Gasteiger charge is -2.21. The van der Waals surface area contributed by atoms with Gasteiger partial charge in [-0.15, -0.1) is 0 Å². The number of nitro benzene ring substituents is 1. The van der Waals surface area contributed by atoms with E-state index in [4.69, 9.17) is 5.73 Å². The van der Waals surface area contributed by atoms with E-state index in [1.807, 2.05) is 6.07 Å². The molecule has 1 aromatic carbocycles. The first-order valence-corrected chi connectivity index (χ1v) is 7.86. The standard InChI is InChI=1S/C16H25N3O2/c1-2-5-13-6-4-10-18(11-9-13)12-14-7-3-8-15(16(14)17)19(20)21/h3,7-8,13H,2,4-6,9-12,17H2,1H3. The summed E-state index contributed by atoms with van der Waals surface area (Å²) in [5.41, 5.74) is 7.16. The summed E-state index contributed by atoms with van der Waals surface area (Å²) in [6.45, 7) is 5.08. The molecule has 2 N–H and O–H groups in total. The molecule has 116 valence electrons. The van der Waals surface area contributed by atoms with Crippen LogP contribution in [0.25, 0.3) is 0 Å². The molecular weight excluding hydrogens is 266 g/mol. The third kappa shape index (κ3) is 4.17. The number of nitrogens with two attached hydrogens (primary N) is 1. The summed E-state index contributed by atoms with van der Waals surface area (Å²) in [5, 5.41) is 10.9. The van der Waals surface area contributed by atoms with E-state index < -0.39 is 4.92 Å². The van der Waals surface area contributed by atoms with E-state index >= 15 is 0 Å². The van der Waals surface area contributed by atoms with Gasteiger partial charge in [0.2, 0.25) is 0 Å². The Balaban J connectivity index is 2.02. The molecule has 0 aromatic heterocycles. The summed E-state index contributed by atoms with van der Waals surface area (Å²) in [4.78, 5) is 12.9. The van der Waals surface area contributed by atoms with Crippen molar-refractivity contribution in [2.24, 2.45) is 5.92 Å². The molecule has 1 aromatic rings. The second-order valence-corrected chi connectivity index (χ2v) is 5.97. The van der Waals surface area contributed by atoms with Crippen LogP contribution in [0.4, 0.5) is 11.4 Å². The molecule has 0 radical (unpaired) electrons. The Morgan fingerprint density at radius 3 is 2.90 bits per heavy atom. The molecule has 1 fully saturated rings. The fraction of sp³-hybridized carbons (Fsp3) is 0.625. The smallest absolute Gasteiger partial charge is 0.292 e. The van der Waals surface area contributed by atoms with E-state index in [1.54, 1.807) is 6.07 Å². The van der Waals surface area contributed by atoms with E-state index in [9.17, 15) is 10.1 Å². The molecule has 1 heterocycles. The summed E-state index contributed by atoms with van der Waals surface area (Å²) in [6, 6.07) is 5.09. The van der Waals surface area contributed by atoms with Crippen LogP contribution in [0.5, 0.6) is 0 Å². The van der Waals surface area contributed by atoms with Crippen molar-refractivity contribution in [2.75, 3.05) is 18.8 Å². The van der Waals surface area contributed by atoms with E-state index in [-0.39, 0.29) is 5.69 Å². The quantitative estimate of drug-likeness (QED) is 0.511. The number of likely N-dealkylation sites (tertiary alicyclic amines) is 1. The lowest BCUT2D eigenvalue weighted by molar-refractivity contribution is -0.384. The highest BCUT2D eigenvalue weighted by molar-refractivity contribution is 5.62. The van der Waals surface area contributed by atoms with Crippen molar-refractivity contribution in [1.82, 2.24) is 4.90 Å². The Hall–Kier alpha value is -1.62. The van der Waals surface area contributed by atoms with Gasteiger partial charge < -0.3 is 5.73 Å². The van der Waals surface area contributed by atoms with Crippen LogP contribution in [-0.4, -0.2) is 22.9 Å². The molecular formula is C16H25N3O2. The van der Waals surface area contributed by atoms with E-state index in [2.05, 4.69) is 11.8 Å². The van der Waals surface area contributed by atoms with Crippen molar-refractivity contribution in [1.29, 1.82) is 0 Å². The number of hydrogen-bond donors (Lipinski definition) is 1. The number of hydrogen-bond acceptors (Lipinski definition) is 4. The third-order valence-electron chi connectivity index (χ3n) is 4.40. The Labute approximate surface area is 126 Å². The zero-order valence-corrected chi connectivity index (χ0v) is 12.8. The summed E-state index contributed by atoms with van der Waals surface area (Å²) in [5.74, 6) is 0.836.